The summed E-state index contributed by atoms with van der Waals surface area (Å²) in [4.78, 5) is 52.1. The lowest BCUT2D eigenvalue weighted by molar-refractivity contribution is -0.321. The van der Waals surface area contributed by atoms with Crippen LogP contribution in [-0.4, -0.2) is 77.8 Å². The van der Waals surface area contributed by atoms with Crippen LogP contribution in [0.2, 0.25) is 0 Å². The van der Waals surface area contributed by atoms with Gasteiger partial charge in [-0.25, -0.2) is 0 Å². The van der Waals surface area contributed by atoms with Crippen LogP contribution in [0.5, 0.6) is 0 Å². The van der Waals surface area contributed by atoms with Gasteiger partial charge < -0.3 is 20.6 Å². The van der Waals surface area contributed by atoms with E-state index in [0.29, 0.717) is 19.4 Å². The number of hydrogen-bond donors (Lipinski definition) is 3. The van der Waals surface area contributed by atoms with E-state index in [9.17, 15) is 37.5 Å². The van der Waals surface area contributed by atoms with Gasteiger partial charge in [0.2, 0.25) is 11.8 Å². The normalized spacial score (nSPS) is 24.1. The number of amides is 3. The van der Waals surface area contributed by atoms with Gasteiger partial charge in [-0.2, -0.15) is 0 Å². The van der Waals surface area contributed by atoms with Crippen molar-refractivity contribution in [1.29, 1.82) is 0 Å². The molecule has 2 fully saturated rings. The molecule has 35 heavy (non-hydrogen) atoms. The average Bonchev–Trinajstić information content (AvgIpc) is 3.13. The SMILES string of the molecule is CC(C)CC(O)C(=O)N1CCC(C)(C)CC1C(=O)NC(CC1CCNC1=O)C(=O)COC(F)(F)F. The Morgan fingerprint density at radius 3 is 2.49 bits per heavy atom. The number of alkyl halides is 3. The van der Waals surface area contributed by atoms with Crippen molar-refractivity contribution in [1.82, 2.24) is 15.5 Å². The molecule has 200 valence electrons. The molecule has 0 radical (unpaired) electrons. The lowest BCUT2D eigenvalue weighted by Gasteiger charge is -2.43. The van der Waals surface area contributed by atoms with Crippen molar-refractivity contribution in [2.45, 2.75) is 84.3 Å². The van der Waals surface area contributed by atoms with Gasteiger partial charge in [0.25, 0.3) is 5.91 Å². The molecule has 0 aromatic heterocycles. The number of hydrogen-bond acceptors (Lipinski definition) is 6. The number of carbonyl (C=O) groups excluding carboxylic acids is 4. The Hall–Kier alpha value is -2.21. The first-order chi connectivity index (χ1) is 16.1. The summed E-state index contributed by atoms with van der Waals surface area (Å²) in [6, 6.07) is -2.43. The van der Waals surface area contributed by atoms with Crippen molar-refractivity contribution in [3.8, 4) is 0 Å². The fraction of sp³-hybridized carbons (Fsp3) is 0.826. The number of aliphatic hydroxyl groups excluding tert-OH is 1. The van der Waals surface area contributed by atoms with Gasteiger partial charge in [0.1, 0.15) is 18.8 Å². The van der Waals surface area contributed by atoms with Crippen LogP contribution in [0.1, 0.15) is 59.8 Å². The number of halogens is 3. The number of nitrogens with zero attached hydrogens (tertiary/aromatic N) is 1. The molecule has 0 saturated carbocycles. The second-order valence-electron chi connectivity index (χ2n) is 10.6. The molecule has 0 spiro atoms. The van der Waals surface area contributed by atoms with E-state index in [2.05, 4.69) is 15.4 Å². The monoisotopic (exact) mass is 507 g/mol. The molecule has 4 atom stereocenters. The molecule has 2 aliphatic rings. The first-order valence-electron chi connectivity index (χ1n) is 11.9. The van der Waals surface area contributed by atoms with Crippen LogP contribution in [0, 0.1) is 17.3 Å². The Kier molecular flexibility index (Phi) is 9.69. The van der Waals surface area contributed by atoms with Gasteiger partial charge in [0.05, 0.1) is 6.04 Å². The number of nitrogens with one attached hydrogen (secondary N) is 2. The highest BCUT2D eigenvalue weighted by atomic mass is 19.4. The number of Topliss-reactive ketones (excluding diaryl/α,β-unsaturated/α-hetero) is 1. The van der Waals surface area contributed by atoms with Gasteiger partial charge in [0, 0.05) is 19.0 Å². The number of carbonyl (C=O) groups is 4. The Balaban J connectivity index is 2.22. The molecule has 2 heterocycles. The molecular weight excluding hydrogens is 471 g/mol. The number of piperidine rings is 1. The topological polar surface area (TPSA) is 125 Å². The van der Waals surface area contributed by atoms with E-state index in [-0.39, 0.29) is 43.0 Å². The molecule has 2 rings (SSSR count). The lowest BCUT2D eigenvalue weighted by Crippen LogP contribution is -2.59. The standard InChI is InChI=1S/C23H36F3N3O6/c1-13(2)9-17(30)21(34)29-8-6-22(3,4)11-16(29)20(33)28-15(10-14-5-7-27-19(14)32)18(31)12-35-23(24,25)26/h13-17,30H,5-12H2,1-4H3,(H,27,32)(H,28,33). The zero-order valence-corrected chi connectivity index (χ0v) is 20.6. The highest BCUT2D eigenvalue weighted by molar-refractivity contribution is 5.94. The van der Waals surface area contributed by atoms with E-state index in [4.69, 9.17) is 0 Å². The maximum Gasteiger partial charge on any atom is 0.522 e. The molecule has 0 aromatic rings. The fourth-order valence-electron chi connectivity index (χ4n) is 4.50. The van der Waals surface area contributed by atoms with Gasteiger partial charge in [-0.3, -0.25) is 23.9 Å². The maximum atomic E-state index is 13.3. The van der Waals surface area contributed by atoms with Crippen LogP contribution >= 0.6 is 0 Å². The van der Waals surface area contributed by atoms with Gasteiger partial charge in [-0.15, -0.1) is 13.2 Å². The molecule has 12 heteroatoms. The fourth-order valence-corrected chi connectivity index (χ4v) is 4.50. The van der Waals surface area contributed by atoms with Crippen molar-refractivity contribution in [3.63, 3.8) is 0 Å². The van der Waals surface area contributed by atoms with Crippen LogP contribution in [0.15, 0.2) is 0 Å². The minimum atomic E-state index is -5.03. The third kappa shape index (κ3) is 8.75. The van der Waals surface area contributed by atoms with Crippen LogP contribution in [-0.2, 0) is 23.9 Å². The summed E-state index contributed by atoms with van der Waals surface area (Å²) in [6.07, 6.45) is -5.10. The Bertz CT molecular complexity index is 802. The summed E-state index contributed by atoms with van der Waals surface area (Å²) < 4.78 is 41.1. The van der Waals surface area contributed by atoms with Crippen LogP contribution in [0.4, 0.5) is 13.2 Å². The van der Waals surface area contributed by atoms with E-state index < -0.39 is 54.7 Å². The molecule has 3 N–H and O–H groups in total. The summed E-state index contributed by atoms with van der Waals surface area (Å²) in [5.74, 6) is -3.30. The summed E-state index contributed by atoms with van der Waals surface area (Å²) >= 11 is 0. The second-order valence-corrected chi connectivity index (χ2v) is 10.6. The van der Waals surface area contributed by atoms with Crippen molar-refractivity contribution in [3.05, 3.63) is 0 Å². The number of likely N-dealkylation sites (tertiary alicyclic amines) is 1. The third-order valence-corrected chi connectivity index (χ3v) is 6.48. The van der Waals surface area contributed by atoms with Gasteiger partial charge in [-0.05, 0) is 43.4 Å². The zero-order valence-electron chi connectivity index (χ0n) is 20.6. The predicted molar refractivity (Wildman–Crippen MR) is 119 cm³/mol. The summed E-state index contributed by atoms with van der Waals surface area (Å²) in [5, 5.41) is 15.4. The van der Waals surface area contributed by atoms with Crippen molar-refractivity contribution in [2.24, 2.45) is 17.3 Å². The van der Waals surface area contributed by atoms with Gasteiger partial charge in [-0.1, -0.05) is 27.7 Å². The Labute approximate surface area is 203 Å². The van der Waals surface area contributed by atoms with Crippen molar-refractivity contribution < 1.29 is 42.2 Å². The van der Waals surface area contributed by atoms with E-state index in [1.807, 2.05) is 27.7 Å². The van der Waals surface area contributed by atoms with Gasteiger partial charge in [0.15, 0.2) is 5.78 Å². The molecule has 3 amide bonds. The average molecular weight is 508 g/mol. The van der Waals surface area contributed by atoms with Crippen molar-refractivity contribution >= 4 is 23.5 Å². The lowest BCUT2D eigenvalue weighted by atomic mass is 9.78. The molecule has 9 nitrogen and oxygen atoms in total. The molecule has 0 aromatic carbocycles. The smallest absolute Gasteiger partial charge is 0.383 e. The molecule has 2 aliphatic heterocycles. The van der Waals surface area contributed by atoms with E-state index in [0.717, 1.165) is 0 Å². The van der Waals surface area contributed by atoms with Crippen molar-refractivity contribution in [2.75, 3.05) is 19.7 Å². The molecule has 2 saturated heterocycles. The molecule has 4 unspecified atom stereocenters. The van der Waals surface area contributed by atoms with Crippen LogP contribution in [0.3, 0.4) is 0 Å². The first kappa shape index (κ1) is 29.0. The number of rotatable bonds is 10. The number of ether oxygens (including phenoxy) is 1. The number of aliphatic hydroxyl groups is 1. The molecular formula is C23H36F3N3O6. The Morgan fingerprint density at radius 1 is 1.29 bits per heavy atom. The maximum absolute atomic E-state index is 13.3. The summed E-state index contributed by atoms with van der Waals surface area (Å²) in [6.45, 7) is 6.79. The minimum Gasteiger partial charge on any atom is -0.383 e. The first-order valence-corrected chi connectivity index (χ1v) is 11.9. The second kappa shape index (κ2) is 11.7. The predicted octanol–water partition coefficient (Wildman–Crippen LogP) is 1.53. The summed E-state index contributed by atoms with van der Waals surface area (Å²) in [7, 11) is 0. The largest absolute Gasteiger partial charge is 0.522 e. The Morgan fingerprint density at radius 2 is 1.94 bits per heavy atom. The summed E-state index contributed by atoms with van der Waals surface area (Å²) in [5.41, 5.74) is -0.327. The van der Waals surface area contributed by atoms with Crippen LogP contribution < -0.4 is 10.6 Å². The molecule has 0 aliphatic carbocycles. The third-order valence-electron chi connectivity index (χ3n) is 6.48. The minimum absolute atomic E-state index is 0.0376. The molecule has 0 bridgehead atoms. The highest BCUT2D eigenvalue weighted by Gasteiger charge is 2.43. The zero-order chi connectivity index (χ0) is 26.6. The van der Waals surface area contributed by atoms with Crippen LogP contribution in [0.25, 0.3) is 0 Å². The number of ketones is 1. The van der Waals surface area contributed by atoms with Gasteiger partial charge >= 0.3 is 6.36 Å². The van der Waals surface area contributed by atoms with E-state index in [1.165, 1.54) is 4.90 Å². The highest BCUT2D eigenvalue weighted by Crippen LogP contribution is 2.34. The quantitative estimate of drug-likeness (QED) is 0.412. The van der Waals surface area contributed by atoms with E-state index >= 15 is 0 Å². The van der Waals surface area contributed by atoms with E-state index in [1.54, 1.807) is 0 Å².